The Morgan fingerprint density at radius 2 is 1.92 bits per heavy atom. The molecule has 0 fully saturated rings. The number of ether oxygens (including phenoxy) is 3. The van der Waals surface area contributed by atoms with Crippen LogP contribution in [0.3, 0.4) is 0 Å². The van der Waals surface area contributed by atoms with E-state index < -0.39 is 39.2 Å². The maximum absolute atomic E-state index is 14.0. The van der Waals surface area contributed by atoms with Gasteiger partial charge in [0, 0.05) is 25.6 Å². The Kier molecular flexibility index (Phi) is 7.66. The number of nitrogens with zero attached hydrogens (tertiary/aromatic N) is 6. The van der Waals surface area contributed by atoms with Gasteiger partial charge in [0.1, 0.15) is 18.0 Å². The summed E-state index contributed by atoms with van der Waals surface area (Å²) in [4.78, 5) is 12.1. The Balaban J connectivity index is 1.73. The molecule has 12 nitrogen and oxygen atoms in total. The summed E-state index contributed by atoms with van der Waals surface area (Å²) in [7, 11) is -2.73. The number of sulfonamides is 1. The summed E-state index contributed by atoms with van der Waals surface area (Å²) < 4.78 is 75.4. The number of aryl methyl sites for hydroxylation is 1. The van der Waals surface area contributed by atoms with Crippen LogP contribution in [-0.2, 0) is 19.5 Å². The minimum absolute atomic E-state index is 0.0179. The molecule has 0 saturated carbocycles. The highest BCUT2D eigenvalue weighted by molar-refractivity contribution is 7.93. The maximum atomic E-state index is 14.0. The third kappa shape index (κ3) is 5.52. The Bertz CT molecular complexity index is 1370. The van der Waals surface area contributed by atoms with Crippen LogP contribution in [0.5, 0.6) is 5.75 Å². The molecule has 0 unspecified atom stereocenters. The molecular formula is C22H27F2N7O5S. The van der Waals surface area contributed by atoms with Crippen LogP contribution in [0.15, 0.2) is 18.5 Å². The normalized spacial score (nSPS) is 16.9. The zero-order valence-corrected chi connectivity index (χ0v) is 21.7. The molecule has 0 aromatic carbocycles. The van der Waals surface area contributed by atoms with Gasteiger partial charge in [0.15, 0.2) is 28.9 Å². The summed E-state index contributed by atoms with van der Waals surface area (Å²) in [5.74, 6) is -2.60. The molecule has 15 heteroatoms. The molecule has 3 aromatic heterocycles. The van der Waals surface area contributed by atoms with Crippen molar-refractivity contribution in [3.05, 3.63) is 41.6 Å². The predicted molar refractivity (Wildman–Crippen MR) is 127 cm³/mol. The lowest BCUT2D eigenvalue weighted by molar-refractivity contribution is 0.00152. The van der Waals surface area contributed by atoms with Crippen LogP contribution in [0, 0.1) is 18.7 Å². The number of halogens is 2. The number of hydrogen-bond acceptors (Lipinski definition) is 10. The number of anilines is 1. The van der Waals surface area contributed by atoms with Crippen molar-refractivity contribution in [1.29, 1.82) is 0 Å². The van der Waals surface area contributed by atoms with Crippen LogP contribution in [0.2, 0.25) is 0 Å². The second kappa shape index (κ2) is 10.6. The van der Waals surface area contributed by atoms with Crippen molar-refractivity contribution in [2.75, 3.05) is 25.0 Å². The number of methoxy groups -OCH3 is 1. The van der Waals surface area contributed by atoms with E-state index in [2.05, 4.69) is 29.9 Å². The molecule has 0 amide bonds. The van der Waals surface area contributed by atoms with Crippen molar-refractivity contribution in [1.82, 2.24) is 29.7 Å². The first kappa shape index (κ1) is 26.8. The fourth-order valence-electron chi connectivity index (χ4n) is 3.77. The molecule has 0 radical (unpaired) electrons. The summed E-state index contributed by atoms with van der Waals surface area (Å²) in [5.41, 5.74) is 0.682. The number of hydrogen-bond donors (Lipinski definition) is 1. The fourth-order valence-corrected chi connectivity index (χ4v) is 4.86. The highest BCUT2D eigenvalue weighted by Gasteiger charge is 2.37. The maximum Gasteiger partial charge on any atom is 0.249 e. The third-order valence-electron chi connectivity index (χ3n) is 5.58. The summed E-state index contributed by atoms with van der Waals surface area (Å²) in [5, 5.41) is 6.83. The molecule has 4 heterocycles. The average molecular weight is 540 g/mol. The highest BCUT2D eigenvalue weighted by atomic mass is 32.2. The number of aromatic nitrogens is 6. The first-order chi connectivity index (χ1) is 17.5. The molecule has 3 aromatic rings. The van der Waals surface area contributed by atoms with E-state index in [4.69, 9.17) is 14.2 Å². The molecule has 1 aliphatic heterocycles. The molecule has 0 saturated heterocycles. The summed E-state index contributed by atoms with van der Waals surface area (Å²) >= 11 is 0. The van der Waals surface area contributed by atoms with Crippen LogP contribution >= 0.6 is 0 Å². The van der Waals surface area contributed by atoms with E-state index >= 15 is 0 Å². The zero-order valence-electron chi connectivity index (χ0n) is 20.8. The minimum atomic E-state index is -4.18. The lowest BCUT2D eigenvalue weighted by atomic mass is 10.2. The first-order valence-electron chi connectivity index (χ1n) is 11.4. The van der Waals surface area contributed by atoms with Crippen molar-refractivity contribution in [2.24, 2.45) is 0 Å². The van der Waals surface area contributed by atoms with Gasteiger partial charge < -0.3 is 14.2 Å². The molecule has 37 heavy (non-hydrogen) atoms. The third-order valence-corrected chi connectivity index (χ3v) is 7.28. The van der Waals surface area contributed by atoms with Crippen LogP contribution in [0.4, 0.5) is 14.7 Å². The number of fused-ring (bicyclic) bond motifs is 3. The van der Waals surface area contributed by atoms with Crippen LogP contribution in [0.1, 0.15) is 44.3 Å². The van der Waals surface area contributed by atoms with Crippen LogP contribution < -0.4 is 9.46 Å². The minimum Gasteiger partial charge on any atom is -0.489 e. The molecule has 0 bridgehead atoms. The Hall–Kier alpha value is -3.30. The topological polar surface area (TPSA) is 143 Å². The molecule has 4 rings (SSSR count). The van der Waals surface area contributed by atoms with Crippen molar-refractivity contribution in [3.63, 3.8) is 0 Å². The highest BCUT2D eigenvalue weighted by Crippen LogP contribution is 2.36. The van der Waals surface area contributed by atoms with Gasteiger partial charge in [-0.1, -0.05) is 0 Å². The molecule has 1 aliphatic rings. The molecular weight excluding hydrogens is 512 g/mol. The number of nitrogens with one attached hydrogen (secondary N) is 1. The quantitative estimate of drug-likeness (QED) is 0.403. The Labute approximate surface area is 212 Å². The summed E-state index contributed by atoms with van der Waals surface area (Å²) in [6.07, 6.45) is 1.83. The van der Waals surface area contributed by atoms with E-state index in [0.717, 1.165) is 11.6 Å². The summed E-state index contributed by atoms with van der Waals surface area (Å²) in [6.45, 7) is 6.81. The lowest BCUT2D eigenvalue weighted by Crippen LogP contribution is -2.35. The van der Waals surface area contributed by atoms with Gasteiger partial charge in [0.25, 0.3) is 0 Å². The lowest BCUT2D eigenvalue weighted by Gasteiger charge is -2.26. The van der Waals surface area contributed by atoms with E-state index in [9.17, 15) is 17.2 Å². The first-order valence-corrected chi connectivity index (χ1v) is 12.9. The van der Waals surface area contributed by atoms with E-state index in [-0.39, 0.29) is 48.4 Å². The van der Waals surface area contributed by atoms with Crippen molar-refractivity contribution in [3.8, 4) is 17.3 Å². The largest absolute Gasteiger partial charge is 0.489 e. The SMILES string of the molecule is COC[C@@H]1COc2cc(F)c(F)nc2-c2nnc(NS(=O)(=O)[C@@H](C)[C@@H](OC(C)C)c3ncc(C)cn3)n21. The molecule has 0 aliphatic carbocycles. The van der Waals surface area contributed by atoms with Gasteiger partial charge in [0.05, 0.1) is 18.8 Å². The van der Waals surface area contributed by atoms with Gasteiger partial charge in [-0.05, 0) is 33.3 Å². The van der Waals surface area contributed by atoms with Gasteiger partial charge in [-0.15, -0.1) is 10.2 Å². The molecule has 0 spiro atoms. The standard InChI is InChI=1S/C22H27F2N7O5S/c1-11(2)36-18(20-25-7-12(3)8-26-20)13(4)37(32,33)30-22-29-28-21-17-16(6-15(23)19(24)27-17)35-10-14(9-34-5)31(21)22/h6-8,11,13-14,18H,9-10H2,1-5H3,(H,29,30)/t13-,14+,18+/m0/s1. The Morgan fingerprint density at radius 1 is 1.22 bits per heavy atom. The van der Waals surface area contributed by atoms with E-state index in [1.807, 2.05) is 6.92 Å². The number of rotatable bonds is 9. The van der Waals surface area contributed by atoms with Crippen molar-refractivity contribution in [2.45, 2.75) is 51.2 Å². The number of pyridine rings is 1. The average Bonchev–Trinajstić information content (AvgIpc) is 3.18. The summed E-state index contributed by atoms with van der Waals surface area (Å²) in [6, 6.07) is 0.208. The second-order valence-corrected chi connectivity index (χ2v) is 10.9. The van der Waals surface area contributed by atoms with E-state index in [1.165, 1.54) is 18.6 Å². The van der Waals surface area contributed by atoms with Crippen molar-refractivity contribution < 1.29 is 31.4 Å². The van der Waals surface area contributed by atoms with Gasteiger partial charge in [-0.2, -0.15) is 4.39 Å². The van der Waals surface area contributed by atoms with Gasteiger partial charge in [-0.3, -0.25) is 9.29 Å². The predicted octanol–water partition coefficient (Wildman–Crippen LogP) is 2.59. The van der Waals surface area contributed by atoms with Gasteiger partial charge >= 0.3 is 0 Å². The Morgan fingerprint density at radius 3 is 2.57 bits per heavy atom. The van der Waals surface area contributed by atoms with Crippen LogP contribution in [-0.4, -0.2) is 69.8 Å². The fraction of sp³-hybridized carbons (Fsp3) is 0.500. The van der Waals surface area contributed by atoms with Crippen molar-refractivity contribution >= 4 is 16.0 Å². The molecule has 200 valence electrons. The molecule has 1 N–H and O–H groups in total. The van der Waals surface area contributed by atoms with Gasteiger partial charge in [-0.25, -0.2) is 27.8 Å². The van der Waals surface area contributed by atoms with Crippen LogP contribution in [0.25, 0.3) is 11.5 Å². The monoisotopic (exact) mass is 539 g/mol. The smallest absolute Gasteiger partial charge is 0.249 e. The van der Waals surface area contributed by atoms with Gasteiger partial charge in [0.2, 0.25) is 21.9 Å². The van der Waals surface area contributed by atoms with E-state index in [1.54, 1.807) is 26.2 Å². The second-order valence-electron chi connectivity index (χ2n) is 8.82. The molecule has 3 atom stereocenters. The zero-order chi connectivity index (χ0) is 26.9. The van der Waals surface area contributed by atoms with E-state index in [0.29, 0.717) is 0 Å².